The molecule has 0 saturated carbocycles. The lowest BCUT2D eigenvalue weighted by molar-refractivity contribution is 0.394. The number of hydrogen-bond acceptors (Lipinski definition) is 5. The summed E-state index contributed by atoms with van der Waals surface area (Å²) in [6.45, 7) is 2.00. The maximum Gasteiger partial charge on any atom is 0.150 e. The second-order valence-corrected chi connectivity index (χ2v) is 6.63. The highest BCUT2D eigenvalue weighted by molar-refractivity contribution is 5.87. The van der Waals surface area contributed by atoms with Gasteiger partial charge in [-0.15, -0.1) is 0 Å². The van der Waals surface area contributed by atoms with Gasteiger partial charge in [0.25, 0.3) is 0 Å². The summed E-state index contributed by atoms with van der Waals surface area (Å²) in [6.07, 6.45) is 0.625. The first-order chi connectivity index (χ1) is 14.1. The minimum absolute atomic E-state index is 0.192. The molecule has 4 aromatic rings. The van der Waals surface area contributed by atoms with E-state index in [1.165, 1.54) is 0 Å². The van der Waals surface area contributed by atoms with Crippen LogP contribution >= 0.6 is 0 Å². The average Bonchev–Trinajstić information content (AvgIpc) is 3.30. The Bertz CT molecular complexity index is 1120. The van der Waals surface area contributed by atoms with Crippen molar-refractivity contribution in [2.24, 2.45) is 0 Å². The molecule has 29 heavy (non-hydrogen) atoms. The van der Waals surface area contributed by atoms with E-state index in [9.17, 15) is 5.11 Å². The maximum absolute atomic E-state index is 11.1. The van der Waals surface area contributed by atoms with E-state index >= 15 is 0 Å². The molecule has 0 aliphatic heterocycles. The summed E-state index contributed by atoms with van der Waals surface area (Å²) in [5.41, 5.74) is 3.97. The van der Waals surface area contributed by atoms with E-state index in [0.29, 0.717) is 29.3 Å². The molecule has 7 nitrogen and oxygen atoms in total. The van der Waals surface area contributed by atoms with E-state index in [2.05, 4.69) is 15.3 Å². The molecule has 0 radical (unpaired) electrons. The molecule has 7 heteroatoms. The van der Waals surface area contributed by atoms with Crippen LogP contribution in [0.15, 0.2) is 42.5 Å². The van der Waals surface area contributed by atoms with Crippen molar-refractivity contribution in [3.63, 3.8) is 0 Å². The van der Waals surface area contributed by atoms with Gasteiger partial charge in [0.05, 0.1) is 36.6 Å². The fourth-order valence-electron chi connectivity index (χ4n) is 3.67. The highest BCUT2D eigenvalue weighted by atomic mass is 16.5. The van der Waals surface area contributed by atoms with E-state index in [1.807, 2.05) is 61.0 Å². The van der Waals surface area contributed by atoms with E-state index in [-0.39, 0.29) is 5.75 Å². The number of methoxy groups -OCH3 is 2. The van der Waals surface area contributed by atoms with Crippen LogP contribution in [0.4, 0.5) is 5.82 Å². The van der Waals surface area contributed by atoms with Crippen LogP contribution in [-0.2, 0) is 6.42 Å². The smallest absolute Gasteiger partial charge is 0.150 e. The maximum atomic E-state index is 11.1. The van der Waals surface area contributed by atoms with Gasteiger partial charge in [-0.3, -0.25) is 4.57 Å². The molecule has 3 N–H and O–H groups in total. The van der Waals surface area contributed by atoms with Gasteiger partial charge >= 0.3 is 0 Å². The van der Waals surface area contributed by atoms with Crippen molar-refractivity contribution >= 4 is 16.9 Å². The van der Waals surface area contributed by atoms with Gasteiger partial charge in [-0.05, 0) is 18.6 Å². The number of benzene rings is 2. The second kappa shape index (κ2) is 7.43. The van der Waals surface area contributed by atoms with Gasteiger partial charge in [-0.1, -0.05) is 19.1 Å². The molecule has 0 atom stereocenters. The van der Waals surface area contributed by atoms with Crippen molar-refractivity contribution in [3.8, 4) is 34.3 Å². The predicted octanol–water partition coefficient (Wildman–Crippen LogP) is 4.35. The standard InChI is InChI=1S/C22H24N4O3/c1-5-18-20(27)19(21-24-16-8-6-7-9-17(16)25-21)22(23-2)26(18)13-10-14(28-3)12-15(11-13)29-4/h6-12,23,27H,5H2,1-4H3,(H,24,25). The number of fused-ring (bicyclic) bond motifs is 1. The van der Waals surface area contributed by atoms with Crippen molar-refractivity contribution in [1.29, 1.82) is 0 Å². The van der Waals surface area contributed by atoms with Crippen molar-refractivity contribution in [1.82, 2.24) is 14.5 Å². The normalized spacial score (nSPS) is 11.0. The van der Waals surface area contributed by atoms with Crippen LogP contribution in [0.25, 0.3) is 28.1 Å². The monoisotopic (exact) mass is 392 g/mol. The number of rotatable bonds is 6. The lowest BCUT2D eigenvalue weighted by Gasteiger charge is -2.15. The zero-order valence-electron chi connectivity index (χ0n) is 16.9. The topological polar surface area (TPSA) is 84.3 Å². The Morgan fingerprint density at radius 3 is 2.38 bits per heavy atom. The Hall–Kier alpha value is -3.61. The number of nitrogens with zero attached hydrogens (tertiary/aromatic N) is 2. The van der Waals surface area contributed by atoms with E-state index < -0.39 is 0 Å². The van der Waals surface area contributed by atoms with Crippen LogP contribution in [0, 0.1) is 0 Å². The van der Waals surface area contributed by atoms with Crippen molar-refractivity contribution in [2.45, 2.75) is 13.3 Å². The first-order valence-corrected chi connectivity index (χ1v) is 9.44. The third-order valence-electron chi connectivity index (χ3n) is 5.03. The Morgan fingerprint density at radius 2 is 1.79 bits per heavy atom. The lowest BCUT2D eigenvalue weighted by atomic mass is 10.2. The molecule has 2 aromatic heterocycles. The van der Waals surface area contributed by atoms with Gasteiger partial charge in [0.1, 0.15) is 34.5 Å². The Labute approximate surface area is 168 Å². The Morgan fingerprint density at radius 1 is 1.10 bits per heavy atom. The summed E-state index contributed by atoms with van der Waals surface area (Å²) in [5, 5.41) is 14.4. The van der Waals surface area contributed by atoms with Gasteiger partial charge in [0, 0.05) is 25.2 Å². The molecule has 0 fully saturated rings. The van der Waals surface area contributed by atoms with Crippen LogP contribution in [0.3, 0.4) is 0 Å². The molecule has 0 aliphatic carbocycles. The fourth-order valence-corrected chi connectivity index (χ4v) is 3.67. The number of anilines is 1. The number of H-pyrrole nitrogens is 1. The van der Waals surface area contributed by atoms with Gasteiger partial charge in [0.2, 0.25) is 0 Å². The second-order valence-electron chi connectivity index (χ2n) is 6.63. The summed E-state index contributed by atoms with van der Waals surface area (Å²) < 4.78 is 12.8. The minimum atomic E-state index is 0.192. The van der Waals surface area contributed by atoms with Crippen molar-refractivity contribution < 1.29 is 14.6 Å². The summed E-state index contributed by atoms with van der Waals surface area (Å²) in [7, 11) is 5.06. The lowest BCUT2D eigenvalue weighted by Crippen LogP contribution is -2.05. The summed E-state index contributed by atoms with van der Waals surface area (Å²) in [5.74, 6) is 2.87. The molecule has 2 aromatic carbocycles. The zero-order valence-corrected chi connectivity index (χ0v) is 16.9. The quantitative estimate of drug-likeness (QED) is 0.454. The van der Waals surface area contributed by atoms with E-state index in [4.69, 9.17) is 9.47 Å². The molecular formula is C22H24N4O3. The van der Waals surface area contributed by atoms with Crippen LogP contribution in [0.1, 0.15) is 12.6 Å². The molecule has 0 amide bonds. The number of aromatic amines is 1. The molecule has 0 aliphatic rings. The molecular weight excluding hydrogens is 368 g/mol. The molecule has 4 rings (SSSR count). The molecule has 2 heterocycles. The first-order valence-electron chi connectivity index (χ1n) is 9.44. The number of aromatic hydroxyl groups is 1. The third-order valence-corrected chi connectivity index (χ3v) is 5.03. The van der Waals surface area contributed by atoms with Gasteiger partial charge in [-0.2, -0.15) is 0 Å². The van der Waals surface area contributed by atoms with Crippen LogP contribution < -0.4 is 14.8 Å². The highest BCUT2D eigenvalue weighted by Gasteiger charge is 2.26. The molecule has 0 saturated heterocycles. The summed E-state index contributed by atoms with van der Waals surface area (Å²) in [6, 6.07) is 13.4. The Kier molecular flexibility index (Phi) is 4.80. The molecule has 150 valence electrons. The summed E-state index contributed by atoms with van der Waals surface area (Å²) >= 11 is 0. The fraction of sp³-hybridized carbons (Fsp3) is 0.227. The van der Waals surface area contributed by atoms with Crippen molar-refractivity contribution in [3.05, 3.63) is 48.2 Å². The van der Waals surface area contributed by atoms with Crippen molar-refractivity contribution in [2.75, 3.05) is 26.6 Å². The number of hydrogen-bond donors (Lipinski definition) is 3. The molecule has 0 bridgehead atoms. The number of imidazole rings is 1. The number of ether oxygens (including phenoxy) is 2. The predicted molar refractivity (Wildman–Crippen MR) is 115 cm³/mol. The minimum Gasteiger partial charge on any atom is -0.505 e. The van der Waals surface area contributed by atoms with Gasteiger partial charge in [-0.25, -0.2) is 4.98 Å². The highest BCUT2D eigenvalue weighted by Crippen LogP contribution is 2.43. The zero-order chi connectivity index (χ0) is 20.5. The SMILES string of the molecule is CCc1c(O)c(-c2nc3ccccc3[nH]2)c(NC)n1-c1cc(OC)cc(OC)c1. The number of nitrogens with one attached hydrogen (secondary N) is 2. The number of para-hydroxylation sites is 2. The molecule has 0 unspecified atom stereocenters. The first kappa shape index (κ1) is 18.7. The molecule has 0 spiro atoms. The van der Waals surface area contributed by atoms with Crippen LogP contribution in [0.5, 0.6) is 17.2 Å². The van der Waals surface area contributed by atoms with Gasteiger partial charge in [0.15, 0.2) is 0 Å². The van der Waals surface area contributed by atoms with Gasteiger partial charge < -0.3 is 24.9 Å². The number of aromatic nitrogens is 3. The van der Waals surface area contributed by atoms with Crippen LogP contribution in [-0.4, -0.2) is 40.9 Å². The summed E-state index contributed by atoms with van der Waals surface area (Å²) in [4.78, 5) is 8.00. The van der Waals surface area contributed by atoms with E-state index in [0.717, 1.165) is 28.2 Å². The Balaban J connectivity index is 2.00. The van der Waals surface area contributed by atoms with Crippen LogP contribution in [0.2, 0.25) is 0 Å². The largest absolute Gasteiger partial charge is 0.505 e. The third kappa shape index (κ3) is 3.04. The van der Waals surface area contributed by atoms with E-state index in [1.54, 1.807) is 14.2 Å². The average molecular weight is 392 g/mol.